The highest BCUT2D eigenvalue weighted by atomic mass is 16.5. The lowest BCUT2D eigenvalue weighted by Crippen LogP contribution is -2.52. The molecule has 0 spiro atoms. The normalized spacial score (nSPS) is 17.9. The van der Waals surface area contributed by atoms with E-state index in [-0.39, 0.29) is 6.71 Å². The van der Waals surface area contributed by atoms with E-state index < -0.39 is 0 Å². The molecule has 1 aliphatic carbocycles. The third-order valence-corrected chi connectivity index (χ3v) is 4.47. The van der Waals surface area contributed by atoms with Crippen LogP contribution < -0.4 is 20.4 Å². The average Bonchev–Trinajstić information content (AvgIpc) is 2.54. The van der Waals surface area contributed by atoms with E-state index in [1.807, 2.05) is 12.1 Å². The molecule has 2 aromatic carbocycles. The van der Waals surface area contributed by atoms with Crippen molar-refractivity contribution in [3.8, 4) is 11.5 Å². The van der Waals surface area contributed by atoms with Crippen molar-refractivity contribution >= 4 is 17.6 Å². The Kier molecular flexibility index (Phi) is 2.17. The van der Waals surface area contributed by atoms with Gasteiger partial charge in [-0.15, -0.1) is 0 Å². The number of allylic oxidation sites excluding steroid dienone is 3. The molecule has 0 N–H and O–H groups in total. The Hall–Kier alpha value is -2.42. The highest BCUT2D eigenvalue weighted by Crippen LogP contribution is 2.37. The van der Waals surface area contributed by atoms with Gasteiger partial charge in [0.2, 0.25) is 0 Å². The maximum Gasteiger partial charge on any atom is 0.260 e. The number of fused-ring (bicyclic) bond motifs is 4. The number of hydrogen-bond acceptors (Lipinski definition) is 2. The Labute approximate surface area is 123 Å². The van der Waals surface area contributed by atoms with Crippen LogP contribution in [-0.4, -0.2) is 6.71 Å². The molecule has 3 aliphatic rings. The molecule has 0 radical (unpaired) electrons. The van der Waals surface area contributed by atoms with Crippen LogP contribution in [0.25, 0.3) is 0 Å². The van der Waals surface area contributed by atoms with E-state index in [9.17, 15) is 0 Å². The predicted octanol–water partition coefficient (Wildman–Crippen LogP) is 2.55. The van der Waals surface area contributed by atoms with E-state index in [2.05, 4.69) is 42.5 Å². The molecule has 0 amide bonds. The summed E-state index contributed by atoms with van der Waals surface area (Å²) in [5.41, 5.74) is 3.69. The molecule has 0 atom stereocenters. The first kappa shape index (κ1) is 11.3. The molecule has 2 aliphatic heterocycles. The van der Waals surface area contributed by atoms with Crippen molar-refractivity contribution < 1.29 is 9.47 Å². The highest BCUT2D eigenvalue weighted by molar-refractivity contribution is 6.93. The van der Waals surface area contributed by atoms with Crippen molar-refractivity contribution in [2.45, 2.75) is 12.8 Å². The van der Waals surface area contributed by atoms with Gasteiger partial charge in [0, 0.05) is 11.9 Å². The van der Waals surface area contributed by atoms with Gasteiger partial charge in [0.25, 0.3) is 6.71 Å². The maximum absolute atomic E-state index is 6.15. The first-order valence-electron chi connectivity index (χ1n) is 7.39. The van der Waals surface area contributed by atoms with Gasteiger partial charge in [-0.1, -0.05) is 36.4 Å². The number of ether oxygens (including phenoxy) is 2. The standard InChI is InChI=1S/C18H13BO2/c1-3-8-14-12(6-1)19-13-7-2-4-9-15(13)21-17-11-5-10-16(20-14)18(17)19/h1-4,6-10H,5,11H2. The molecule has 2 heterocycles. The van der Waals surface area contributed by atoms with Gasteiger partial charge < -0.3 is 9.47 Å². The van der Waals surface area contributed by atoms with Crippen LogP contribution in [0.15, 0.2) is 71.6 Å². The zero-order valence-electron chi connectivity index (χ0n) is 11.5. The average molecular weight is 272 g/mol. The van der Waals surface area contributed by atoms with Gasteiger partial charge in [0.05, 0.1) is 0 Å². The first-order valence-corrected chi connectivity index (χ1v) is 7.39. The van der Waals surface area contributed by atoms with Crippen molar-refractivity contribution in [1.82, 2.24) is 0 Å². The molecule has 0 saturated carbocycles. The molecule has 21 heavy (non-hydrogen) atoms. The SMILES string of the molecule is C1=C2Oc3ccccc3B3C2=C(CC1)Oc1ccccc13. The van der Waals surface area contributed by atoms with Gasteiger partial charge in [-0.05, 0) is 35.6 Å². The van der Waals surface area contributed by atoms with Crippen LogP contribution in [0, 0.1) is 0 Å². The van der Waals surface area contributed by atoms with Crippen molar-refractivity contribution in [3.05, 3.63) is 71.6 Å². The fourth-order valence-electron chi connectivity index (χ4n) is 3.58. The molecule has 0 bridgehead atoms. The van der Waals surface area contributed by atoms with E-state index in [1.165, 1.54) is 16.4 Å². The van der Waals surface area contributed by atoms with Crippen molar-refractivity contribution in [2.75, 3.05) is 0 Å². The van der Waals surface area contributed by atoms with Crippen LogP contribution in [0.4, 0.5) is 0 Å². The minimum absolute atomic E-state index is 0.237. The second-order valence-corrected chi connectivity index (χ2v) is 5.66. The van der Waals surface area contributed by atoms with Gasteiger partial charge >= 0.3 is 0 Å². The second kappa shape index (κ2) is 4.04. The summed E-state index contributed by atoms with van der Waals surface area (Å²) in [6, 6.07) is 16.7. The summed E-state index contributed by atoms with van der Waals surface area (Å²) in [5, 5.41) is 0. The number of rotatable bonds is 0. The fraction of sp³-hybridized carbons (Fsp3) is 0.111. The molecule has 2 aromatic rings. The van der Waals surface area contributed by atoms with Crippen molar-refractivity contribution in [2.24, 2.45) is 0 Å². The molecule has 0 fully saturated rings. The van der Waals surface area contributed by atoms with Gasteiger partial charge in [-0.3, -0.25) is 0 Å². The van der Waals surface area contributed by atoms with Crippen molar-refractivity contribution in [3.63, 3.8) is 0 Å². The van der Waals surface area contributed by atoms with Gasteiger partial charge in [0.1, 0.15) is 23.0 Å². The molecule has 2 nitrogen and oxygen atoms in total. The Morgan fingerprint density at radius 2 is 1.48 bits per heavy atom. The summed E-state index contributed by atoms with van der Waals surface area (Å²) >= 11 is 0. The smallest absolute Gasteiger partial charge is 0.260 e. The third kappa shape index (κ3) is 1.49. The first-order chi connectivity index (χ1) is 10.4. The van der Waals surface area contributed by atoms with E-state index in [4.69, 9.17) is 9.47 Å². The van der Waals surface area contributed by atoms with Crippen LogP contribution in [-0.2, 0) is 0 Å². The molecule has 0 aromatic heterocycles. The summed E-state index contributed by atoms with van der Waals surface area (Å²) in [6.45, 7) is 0.237. The molecule has 100 valence electrons. The molecule has 0 saturated heterocycles. The van der Waals surface area contributed by atoms with Gasteiger partial charge in [0.15, 0.2) is 0 Å². The minimum atomic E-state index is 0.237. The molecule has 5 rings (SSSR count). The number of benzene rings is 2. The molecule has 0 unspecified atom stereocenters. The Morgan fingerprint density at radius 3 is 2.24 bits per heavy atom. The largest absolute Gasteiger partial charge is 0.463 e. The highest BCUT2D eigenvalue weighted by Gasteiger charge is 2.42. The quantitative estimate of drug-likeness (QED) is 0.686. The van der Waals surface area contributed by atoms with Crippen LogP contribution >= 0.6 is 0 Å². The summed E-state index contributed by atoms with van der Waals surface area (Å²) in [4.78, 5) is 0. The van der Waals surface area contributed by atoms with E-state index in [0.29, 0.717) is 0 Å². The Bertz CT molecular complexity index is 819. The fourth-order valence-corrected chi connectivity index (χ4v) is 3.58. The van der Waals surface area contributed by atoms with Crippen LogP contribution in [0.3, 0.4) is 0 Å². The molecule has 3 heteroatoms. The molecular formula is C18H13BO2. The number of hydrogen-bond donors (Lipinski definition) is 0. The summed E-state index contributed by atoms with van der Waals surface area (Å²) < 4.78 is 12.3. The zero-order valence-corrected chi connectivity index (χ0v) is 11.5. The van der Waals surface area contributed by atoms with E-state index in [0.717, 1.165) is 35.9 Å². The third-order valence-electron chi connectivity index (χ3n) is 4.47. The van der Waals surface area contributed by atoms with E-state index in [1.54, 1.807) is 0 Å². The maximum atomic E-state index is 6.15. The van der Waals surface area contributed by atoms with Gasteiger partial charge in [-0.2, -0.15) is 0 Å². The summed E-state index contributed by atoms with van der Waals surface area (Å²) in [7, 11) is 0. The monoisotopic (exact) mass is 272 g/mol. The topological polar surface area (TPSA) is 18.5 Å². The van der Waals surface area contributed by atoms with Crippen molar-refractivity contribution in [1.29, 1.82) is 0 Å². The lowest BCUT2D eigenvalue weighted by atomic mass is 9.33. The van der Waals surface area contributed by atoms with Gasteiger partial charge in [-0.25, -0.2) is 0 Å². The Balaban J connectivity index is 1.84. The predicted molar refractivity (Wildman–Crippen MR) is 83.5 cm³/mol. The minimum Gasteiger partial charge on any atom is -0.463 e. The lowest BCUT2D eigenvalue weighted by Gasteiger charge is -2.36. The van der Waals surface area contributed by atoms with Crippen LogP contribution in [0.2, 0.25) is 0 Å². The number of para-hydroxylation sites is 2. The zero-order chi connectivity index (χ0) is 13.8. The lowest BCUT2D eigenvalue weighted by molar-refractivity contribution is 0.372. The second-order valence-electron chi connectivity index (χ2n) is 5.66. The Morgan fingerprint density at radius 1 is 0.810 bits per heavy atom. The summed E-state index contributed by atoms with van der Waals surface area (Å²) in [5.74, 6) is 4.01. The van der Waals surface area contributed by atoms with Crippen LogP contribution in [0.1, 0.15) is 12.8 Å². The molecular weight excluding hydrogens is 259 g/mol. The van der Waals surface area contributed by atoms with Crippen LogP contribution in [0.5, 0.6) is 11.5 Å². The van der Waals surface area contributed by atoms with E-state index >= 15 is 0 Å². The summed E-state index contributed by atoms with van der Waals surface area (Å²) in [6.07, 6.45) is 4.12.